The number of fused-ring (bicyclic) bond motifs is 1. The van der Waals surface area contributed by atoms with Gasteiger partial charge in [0.1, 0.15) is 12.6 Å². The van der Waals surface area contributed by atoms with E-state index in [1.54, 1.807) is 0 Å². The largest absolute Gasteiger partial charge is 0.445 e. The standard InChI is InChI=1S/C44H40N4O7/c49-26-29-16-18-32(19-17-29)40-22-36(25-47-28-45-37-14-4-5-15-39(37)47)54-43(55-40)35-13-7-12-34(21-35)33-11-6-10-31(20-33)24-48-41(50)23-38(42(48)51)46-44(52)53-27-30-8-2-1-3-9-30/h1-21,28,36,38,40,43,49H,22-27H2,(H,46,52)/t36-,38?,40+,43+/m0/s1. The summed E-state index contributed by atoms with van der Waals surface area (Å²) in [6, 6.07) is 39.7. The van der Waals surface area contributed by atoms with Gasteiger partial charge in [-0.1, -0.05) is 103 Å². The summed E-state index contributed by atoms with van der Waals surface area (Å²) in [6.45, 7) is 0.683. The summed E-state index contributed by atoms with van der Waals surface area (Å²) in [4.78, 5) is 44.4. The number of amides is 3. The molecular weight excluding hydrogens is 697 g/mol. The van der Waals surface area contributed by atoms with Crippen molar-refractivity contribution in [2.45, 2.75) is 63.7 Å². The first-order valence-corrected chi connectivity index (χ1v) is 18.3. The molecule has 0 bridgehead atoms. The van der Waals surface area contributed by atoms with Gasteiger partial charge in [0.05, 0.1) is 55.7 Å². The second-order valence-corrected chi connectivity index (χ2v) is 13.8. The number of alkyl carbamates (subject to hydrolysis) is 1. The highest BCUT2D eigenvalue weighted by Crippen LogP contribution is 2.39. The third kappa shape index (κ3) is 8.19. The Kier molecular flexibility index (Phi) is 10.5. The lowest BCUT2D eigenvalue weighted by Crippen LogP contribution is -2.41. The third-order valence-corrected chi connectivity index (χ3v) is 10.1. The Bertz CT molecular complexity index is 2310. The highest BCUT2D eigenvalue weighted by atomic mass is 16.7. The van der Waals surface area contributed by atoms with Crippen molar-refractivity contribution >= 4 is 28.9 Å². The Labute approximate surface area is 318 Å². The van der Waals surface area contributed by atoms with Gasteiger partial charge in [0.15, 0.2) is 6.29 Å². The molecule has 0 radical (unpaired) electrons. The Morgan fingerprint density at radius 1 is 0.800 bits per heavy atom. The van der Waals surface area contributed by atoms with Gasteiger partial charge in [-0.3, -0.25) is 14.5 Å². The maximum atomic E-state index is 13.2. The molecule has 2 N–H and O–H groups in total. The highest BCUT2D eigenvalue weighted by molar-refractivity contribution is 6.06. The molecule has 2 fully saturated rings. The summed E-state index contributed by atoms with van der Waals surface area (Å²) in [5.74, 6) is -0.837. The van der Waals surface area contributed by atoms with Crippen LogP contribution in [0.4, 0.5) is 4.79 Å². The average molecular weight is 737 g/mol. The fourth-order valence-electron chi connectivity index (χ4n) is 7.17. The van der Waals surface area contributed by atoms with Crippen LogP contribution in [0.3, 0.4) is 0 Å². The molecule has 55 heavy (non-hydrogen) atoms. The van der Waals surface area contributed by atoms with E-state index < -0.39 is 24.3 Å². The van der Waals surface area contributed by atoms with E-state index in [9.17, 15) is 19.5 Å². The molecule has 0 spiro atoms. The van der Waals surface area contributed by atoms with Crippen LogP contribution in [0.1, 0.15) is 53.1 Å². The second-order valence-electron chi connectivity index (χ2n) is 13.8. The number of aliphatic hydroxyl groups excluding tert-OH is 1. The van der Waals surface area contributed by atoms with Crippen LogP contribution in [0.25, 0.3) is 22.2 Å². The van der Waals surface area contributed by atoms with Crippen LogP contribution in [0.15, 0.2) is 134 Å². The van der Waals surface area contributed by atoms with Crippen LogP contribution in [0.5, 0.6) is 0 Å². The number of imide groups is 1. The summed E-state index contributed by atoms with van der Waals surface area (Å²) >= 11 is 0. The molecule has 4 atom stereocenters. The molecule has 6 aromatic rings. The van der Waals surface area contributed by atoms with Crippen LogP contribution in [-0.2, 0) is 50.1 Å². The first-order valence-electron chi connectivity index (χ1n) is 18.3. The fraction of sp³-hybridized carbons (Fsp3) is 0.227. The minimum absolute atomic E-state index is 0.0315. The molecule has 11 heteroatoms. The quantitative estimate of drug-likeness (QED) is 0.136. The lowest BCUT2D eigenvalue weighted by atomic mass is 9.98. The average Bonchev–Trinajstić information content (AvgIpc) is 3.75. The molecule has 2 aliphatic rings. The van der Waals surface area contributed by atoms with E-state index in [-0.39, 0.29) is 44.3 Å². The maximum Gasteiger partial charge on any atom is 0.408 e. The predicted octanol–water partition coefficient (Wildman–Crippen LogP) is 7.00. The van der Waals surface area contributed by atoms with Crippen LogP contribution >= 0.6 is 0 Å². The fourth-order valence-corrected chi connectivity index (χ4v) is 7.17. The van der Waals surface area contributed by atoms with Gasteiger partial charge < -0.3 is 29.2 Å². The van der Waals surface area contributed by atoms with Gasteiger partial charge in [0, 0.05) is 12.0 Å². The van der Waals surface area contributed by atoms with Crippen molar-refractivity contribution in [3.8, 4) is 11.1 Å². The molecule has 8 rings (SSSR count). The van der Waals surface area contributed by atoms with Gasteiger partial charge >= 0.3 is 6.09 Å². The number of ether oxygens (including phenoxy) is 3. The molecule has 11 nitrogen and oxygen atoms in total. The van der Waals surface area contributed by atoms with E-state index in [1.807, 2.05) is 128 Å². The lowest BCUT2D eigenvalue weighted by molar-refractivity contribution is -0.252. The number of carbonyl (C=O) groups is 3. The van der Waals surface area contributed by atoms with Crippen LogP contribution in [0, 0.1) is 0 Å². The zero-order chi connectivity index (χ0) is 37.7. The van der Waals surface area contributed by atoms with Gasteiger partial charge in [0.25, 0.3) is 5.91 Å². The third-order valence-electron chi connectivity index (χ3n) is 10.1. The Morgan fingerprint density at radius 2 is 1.55 bits per heavy atom. The minimum atomic E-state index is -0.987. The maximum absolute atomic E-state index is 13.2. The number of imidazole rings is 1. The number of aromatic nitrogens is 2. The van der Waals surface area contributed by atoms with Crippen molar-refractivity contribution in [2.24, 2.45) is 0 Å². The first kappa shape index (κ1) is 35.9. The molecule has 278 valence electrons. The summed E-state index contributed by atoms with van der Waals surface area (Å²) in [5.41, 5.74) is 8.02. The van der Waals surface area contributed by atoms with Crippen molar-refractivity contribution in [3.05, 3.63) is 162 Å². The minimum Gasteiger partial charge on any atom is -0.445 e. The summed E-state index contributed by atoms with van der Waals surface area (Å²) < 4.78 is 20.7. The zero-order valence-electron chi connectivity index (χ0n) is 30.0. The van der Waals surface area contributed by atoms with E-state index in [4.69, 9.17) is 14.2 Å². The smallest absolute Gasteiger partial charge is 0.408 e. The Hall–Kier alpha value is -6.14. The number of nitrogens with zero attached hydrogens (tertiary/aromatic N) is 3. The van der Waals surface area contributed by atoms with Crippen molar-refractivity contribution in [1.29, 1.82) is 0 Å². The molecule has 0 saturated carbocycles. The predicted molar refractivity (Wildman–Crippen MR) is 204 cm³/mol. The molecular formula is C44H40N4O7. The van der Waals surface area contributed by atoms with Gasteiger partial charge in [0.2, 0.25) is 5.91 Å². The van der Waals surface area contributed by atoms with Crippen LogP contribution in [0.2, 0.25) is 0 Å². The number of aliphatic hydroxyl groups is 1. The molecule has 0 aliphatic carbocycles. The van der Waals surface area contributed by atoms with Crippen LogP contribution in [-0.4, -0.2) is 49.6 Å². The monoisotopic (exact) mass is 736 g/mol. The number of rotatable bonds is 11. The molecule has 1 aromatic heterocycles. The lowest BCUT2D eigenvalue weighted by Gasteiger charge is -2.36. The van der Waals surface area contributed by atoms with E-state index >= 15 is 0 Å². The summed E-state index contributed by atoms with van der Waals surface area (Å²) in [7, 11) is 0. The Balaban J connectivity index is 0.972. The molecule has 1 unspecified atom stereocenters. The molecule has 3 heterocycles. The van der Waals surface area contributed by atoms with Gasteiger partial charge in [-0.05, 0) is 57.6 Å². The number of hydrogen-bond acceptors (Lipinski definition) is 8. The van der Waals surface area contributed by atoms with Gasteiger partial charge in [-0.15, -0.1) is 0 Å². The van der Waals surface area contributed by atoms with Crippen molar-refractivity contribution < 1.29 is 33.7 Å². The number of likely N-dealkylation sites (tertiary alicyclic amines) is 1. The Morgan fingerprint density at radius 3 is 2.36 bits per heavy atom. The van der Waals surface area contributed by atoms with Gasteiger partial charge in [-0.2, -0.15) is 0 Å². The molecule has 5 aromatic carbocycles. The first-order chi connectivity index (χ1) is 26.9. The van der Waals surface area contributed by atoms with Crippen molar-refractivity contribution in [1.82, 2.24) is 19.8 Å². The normalized spacial score (nSPS) is 19.8. The van der Waals surface area contributed by atoms with E-state index in [2.05, 4.69) is 20.9 Å². The summed E-state index contributed by atoms with van der Waals surface area (Å²) in [6.07, 6.45) is 0.483. The molecule has 2 aliphatic heterocycles. The number of nitrogens with one attached hydrogen (secondary N) is 1. The second kappa shape index (κ2) is 16.1. The van der Waals surface area contributed by atoms with E-state index in [0.29, 0.717) is 13.0 Å². The number of benzene rings is 5. The van der Waals surface area contributed by atoms with Crippen LogP contribution < -0.4 is 5.32 Å². The topological polar surface area (TPSA) is 132 Å². The SMILES string of the molecule is O=C(NC1CC(=O)N(Cc2cccc(-c3cccc([C@@H]4O[C@H](Cn5cnc6ccccc65)C[C@H](c5ccc(CO)cc5)O4)c3)c2)C1=O)OCc1ccccc1. The molecule has 3 amide bonds. The van der Waals surface area contributed by atoms with Gasteiger partial charge in [-0.25, -0.2) is 9.78 Å². The summed E-state index contributed by atoms with van der Waals surface area (Å²) in [5, 5.41) is 12.2. The number of hydrogen-bond donors (Lipinski definition) is 2. The number of para-hydroxylation sites is 2. The zero-order valence-corrected chi connectivity index (χ0v) is 30.0. The van der Waals surface area contributed by atoms with Crippen molar-refractivity contribution in [2.75, 3.05) is 0 Å². The van der Waals surface area contributed by atoms with E-state index in [0.717, 1.165) is 50.0 Å². The number of carbonyl (C=O) groups excluding carboxylic acids is 3. The van der Waals surface area contributed by atoms with E-state index in [1.165, 1.54) is 4.90 Å². The molecule has 2 saturated heterocycles. The highest BCUT2D eigenvalue weighted by Gasteiger charge is 2.40. The van der Waals surface area contributed by atoms with Crippen molar-refractivity contribution in [3.63, 3.8) is 0 Å².